The molecule has 92 valence electrons. The topological polar surface area (TPSA) is 32.5 Å². The summed E-state index contributed by atoms with van der Waals surface area (Å²) in [6, 6.07) is 0. The Balaban J connectivity index is 4.34. The highest BCUT2D eigenvalue weighted by Crippen LogP contribution is 2.18. The molecule has 3 heteroatoms. The minimum absolute atomic E-state index is 0.173. The first kappa shape index (κ1) is 14.9. The van der Waals surface area contributed by atoms with Crippen molar-refractivity contribution in [3.63, 3.8) is 0 Å². The highest BCUT2D eigenvalue weighted by molar-refractivity contribution is 4.86. The molecule has 0 rings (SSSR count). The van der Waals surface area contributed by atoms with Crippen molar-refractivity contribution in [3.05, 3.63) is 0 Å². The van der Waals surface area contributed by atoms with E-state index in [9.17, 15) is 0 Å². The molecule has 0 spiro atoms. The van der Waals surface area contributed by atoms with Crippen LogP contribution in [0.1, 0.15) is 33.6 Å². The lowest BCUT2D eigenvalue weighted by atomic mass is 9.96. The maximum atomic E-state index is 5.90. The SMILES string of the molecule is CCCN(CCN(C)C)C(C)(CC)CN. The normalized spacial score (nSPS) is 16.0. The van der Waals surface area contributed by atoms with Gasteiger partial charge in [-0.2, -0.15) is 0 Å². The van der Waals surface area contributed by atoms with E-state index in [-0.39, 0.29) is 5.54 Å². The van der Waals surface area contributed by atoms with Crippen LogP contribution in [0.5, 0.6) is 0 Å². The Morgan fingerprint density at radius 3 is 2.00 bits per heavy atom. The zero-order chi connectivity index (χ0) is 11.9. The van der Waals surface area contributed by atoms with E-state index in [1.165, 1.54) is 6.42 Å². The number of nitrogens with two attached hydrogens (primary N) is 1. The van der Waals surface area contributed by atoms with Crippen molar-refractivity contribution >= 4 is 0 Å². The average molecular weight is 215 g/mol. The van der Waals surface area contributed by atoms with Gasteiger partial charge in [0, 0.05) is 25.2 Å². The summed E-state index contributed by atoms with van der Waals surface area (Å²) in [5.41, 5.74) is 6.07. The number of hydrogen-bond donors (Lipinski definition) is 1. The molecule has 0 aromatic heterocycles. The summed E-state index contributed by atoms with van der Waals surface area (Å²) in [6.07, 6.45) is 2.32. The minimum atomic E-state index is 0.173. The molecule has 0 aliphatic carbocycles. The summed E-state index contributed by atoms with van der Waals surface area (Å²) in [5, 5.41) is 0. The van der Waals surface area contributed by atoms with Crippen LogP contribution in [0.4, 0.5) is 0 Å². The van der Waals surface area contributed by atoms with Crippen molar-refractivity contribution in [2.24, 2.45) is 5.73 Å². The first-order valence-electron chi connectivity index (χ1n) is 6.10. The molecule has 1 unspecified atom stereocenters. The monoisotopic (exact) mass is 215 g/mol. The second-order valence-corrected chi connectivity index (χ2v) is 4.84. The van der Waals surface area contributed by atoms with E-state index >= 15 is 0 Å². The van der Waals surface area contributed by atoms with Gasteiger partial charge in [0.2, 0.25) is 0 Å². The van der Waals surface area contributed by atoms with Gasteiger partial charge in [0.25, 0.3) is 0 Å². The largest absolute Gasteiger partial charge is 0.329 e. The fourth-order valence-electron chi connectivity index (χ4n) is 1.74. The van der Waals surface area contributed by atoms with E-state index in [2.05, 4.69) is 44.7 Å². The second-order valence-electron chi connectivity index (χ2n) is 4.84. The van der Waals surface area contributed by atoms with Crippen LogP contribution in [0.3, 0.4) is 0 Å². The van der Waals surface area contributed by atoms with Crippen LogP contribution in [-0.4, -0.2) is 55.6 Å². The van der Waals surface area contributed by atoms with Gasteiger partial charge in [0.05, 0.1) is 0 Å². The Morgan fingerprint density at radius 1 is 1.07 bits per heavy atom. The summed E-state index contributed by atoms with van der Waals surface area (Å²) in [6.45, 7) is 10.9. The van der Waals surface area contributed by atoms with Crippen molar-refractivity contribution < 1.29 is 0 Å². The van der Waals surface area contributed by atoms with Crippen LogP contribution in [0.25, 0.3) is 0 Å². The van der Waals surface area contributed by atoms with Gasteiger partial charge >= 0.3 is 0 Å². The van der Waals surface area contributed by atoms with E-state index in [1.54, 1.807) is 0 Å². The van der Waals surface area contributed by atoms with E-state index in [4.69, 9.17) is 5.73 Å². The molecular formula is C12H29N3. The highest BCUT2D eigenvalue weighted by atomic mass is 15.2. The quantitative estimate of drug-likeness (QED) is 0.664. The van der Waals surface area contributed by atoms with Crippen molar-refractivity contribution in [2.75, 3.05) is 40.3 Å². The second kappa shape index (κ2) is 7.20. The Kier molecular flexibility index (Phi) is 7.14. The first-order chi connectivity index (χ1) is 7.00. The van der Waals surface area contributed by atoms with Gasteiger partial charge in [-0.3, -0.25) is 4.90 Å². The molecule has 3 nitrogen and oxygen atoms in total. The van der Waals surface area contributed by atoms with Crippen LogP contribution in [0.2, 0.25) is 0 Å². The Bertz CT molecular complexity index is 153. The number of likely N-dealkylation sites (N-methyl/N-ethyl adjacent to an activating group) is 1. The predicted molar refractivity (Wildman–Crippen MR) is 68.2 cm³/mol. The third kappa shape index (κ3) is 4.96. The van der Waals surface area contributed by atoms with Gasteiger partial charge in [0.15, 0.2) is 0 Å². The van der Waals surface area contributed by atoms with Gasteiger partial charge in [-0.25, -0.2) is 0 Å². The maximum Gasteiger partial charge on any atom is 0.0301 e. The zero-order valence-corrected chi connectivity index (χ0v) is 11.2. The van der Waals surface area contributed by atoms with Crippen LogP contribution in [0, 0.1) is 0 Å². The maximum absolute atomic E-state index is 5.90. The Morgan fingerprint density at radius 2 is 1.67 bits per heavy atom. The summed E-state index contributed by atoms with van der Waals surface area (Å²) < 4.78 is 0. The smallest absolute Gasteiger partial charge is 0.0301 e. The van der Waals surface area contributed by atoms with E-state index < -0.39 is 0 Å². The summed E-state index contributed by atoms with van der Waals surface area (Å²) in [4.78, 5) is 4.77. The number of rotatable bonds is 8. The minimum Gasteiger partial charge on any atom is -0.329 e. The molecule has 1 atom stereocenters. The molecule has 0 fully saturated rings. The van der Waals surface area contributed by atoms with Gasteiger partial charge < -0.3 is 10.6 Å². The van der Waals surface area contributed by atoms with Crippen molar-refractivity contribution in [3.8, 4) is 0 Å². The lowest BCUT2D eigenvalue weighted by Crippen LogP contribution is -2.53. The standard InChI is InChI=1S/C12H29N3/c1-6-8-15(10-9-14(4)5)12(3,7-2)11-13/h6-11,13H2,1-5H3. The molecular weight excluding hydrogens is 186 g/mol. The van der Waals surface area contributed by atoms with Crippen LogP contribution in [0.15, 0.2) is 0 Å². The van der Waals surface area contributed by atoms with E-state index in [0.717, 1.165) is 32.6 Å². The van der Waals surface area contributed by atoms with E-state index in [0.29, 0.717) is 0 Å². The molecule has 0 aromatic rings. The van der Waals surface area contributed by atoms with Gasteiger partial charge in [-0.15, -0.1) is 0 Å². The third-order valence-corrected chi connectivity index (χ3v) is 3.28. The van der Waals surface area contributed by atoms with Crippen molar-refractivity contribution in [1.82, 2.24) is 9.80 Å². The Hall–Kier alpha value is -0.120. The highest BCUT2D eigenvalue weighted by Gasteiger charge is 2.27. The summed E-state index contributed by atoms with van der Waals surface area (Å²) in [7, 11) is 4.24. The van der Waals surface area contributed by atoms with Crippen LogP contribution in [-0.2, 0) is 0 Å². The van der Waals surface area contributed by atoms with Crippen LogP contribution < -0.4 is 5.73 Å². The van der Waals surface area contributed by atoms with Gasteiger partial charge in [-0.1, -0.05) is 13.8 Å². The van der Waals surface area contributed by atoms with Crippen LogP contribution >= 0.6 is 0 Å². The molecule has 15 heavy (non-hydrogen) atoms. The average Bonchev–Trinajstić information content (AvgIpc) is 2.22. The fourth-order valence-corrected chi connectivity index (χ4v) is 1.74. The zero-order valence-electron chi connectivity index (χ0n) is 11.2. The third-order valence-electron chi connectivity index (χ3n) is 3.28. The molecule has 2 N–H and O–H groups in total. The first-order valence-corrected chi connectivity index (χ1v) is 6.10. The van der Waals surface area contributed by atoms with E-state index in [1.807, 2.05) is 0 Å². The molecule has 0 saturated heterocycles. The predicted octanol–water partition coefficient (Wildman–Crippen LogP) is 1.39. The molecule has 0 radical (unpaired) electrons. The summed E-state index contributed by atoms with van der Waals surface area (Å²) >= 11 is 0. The van der Waals surface area contributed by atoms with Gasteiger partial charge in [0.1, 0.15) is 0 Å². The molecule has 0 aromatic carbocycles. The number of hydrogen-bond acceptors (Lipinski definition) is 3. The lowest BCUT2D eigenvalue weighted by Gasteiger charge is -2.40. The van der Waals surface area contributed by atoms with Gasteiger partial charge in [-0.05, 0) is 40.4 Å². The van der Waals surface area contributed by atoms with Crippen molar-refractivity contribution in [2.45, 2.75) is 39.2 Å². The molecule has 0 heterocycles. The van der Waals surface area contributed by atoms with Crippen molar-refractivity contribution in [1.29, 1.82) is 0 Å². The molecule has 0 aliphatic heterocycles. The Labute approximate surface area is 95.6 Å². The lowest BCUT2D eigenvalue weighted by molar-refractivity contribution is 0.0968. The molecule has 0 aliphatic rings. The summed E-state index contributed by atoms with van der Waals surface area (Å²) in [5.74, 6) is 0. The number of nitrogens with zero attached hydrogens (tertiary/aromatic N) is 2. The molecule has 0 saturated carbocycles. The fraction of sp³-hybridized carbons (Fsp3) is 1.00. The molecule has 0 amide bonds. The molecule has 0 bridgehead atoms.